The summed E-state index contributed by atoms with van der Waals surface area (Å²) in [6.45, 7) is 11.2. The third-order valence-corrected chi connectivity index (χ3v) is 3.34. The lowest BCUT2D eigenvalue weighted by Crippen LogP contribution is -2.53. The number of aromatic nitrogens is 1. The van der Waals surface area contributed by atoms with Crippen LogP contribution >= 0.6 is 0 Å². The molecule has 0 amide bonds. The summed E-state index contributed by atoms with van der Waals surface area (Å²) in [4.78, 5) is 6.76. The first-order chi connectivity index (χ1) is 8.89. The summed E-state index contributed by atoms with van der Waals surface area (Å²) in [7, 11) is 1.70. The Kier molecular flexibility index (Phi) is 4.28. The molecule has 2 heterocycles. The number of methoxy groups -OCH3 is 1. The van der Waals surface area contributed by atoms with E-state index in [1.54, 1.807) is 7.11 Å². The van der Waals surface area contributed by atoms with Crippen molar-refractivity contribution in [2.45, 2.75) is 45.9 Å². The van der Waals surface area contributed by atoms with Crippen LogP contribution in [0.1, 0.15) is 31.2 Å². The summed E-state index contributed by atoms with van der Waals surface area (Å²) in [6, 6.07) is 0. The van der Waals surface area contributed by atoms with Crippen molar-refractivity contribution in [1.82, 2.24) is 9.88 Å². The summed E-state index contributed by atoms with van der Waals surface area (Å²) in [6.07, 6.45) is 0.103. The zero-order valence-corrected chi connectivity index (χ0v) is 12.5. The van der Waals surface area contributed by atoms with Gasteiger partial charge in [-0.1, -0.05) is 0 Å². The molecule has 0 saturated carbocycles. The summed E-state index contributed by atoms with van der Waals surface area (Å²) in [5.41, 5.74) is 0.800. The molecule has 1 aliphatic rings. The molecule has 0 bridgehead atoms. The monoisotopic (exact) mass is 268 g/mol. The molecule has 1 fully saturated rings. The van der Waals surface area contributed by atoms with Crippen LogP contribution < -0.4 is 0 Å². The zero-order valence-electron chi connectivity index (χ0n) is 12.5. The van der Waals surface area contributed by atoms with E-state index in [-0.39, 0.29) is 11.7 Å². The van der Waals surface area contributed by atoms with Gasteiger partial charge in [-0.05, 0) is 27.7 Å². The van der Waals surface area contributed by atoms with Gasteiger partial charge in [-0.25, -0.2) is 4.98 Å². The van der Waals surface area contributed by atoms with Crippen LogP contribution in [0.2, 0.25) is 0 Å². The van der Waals surface area contributed by atoms with E-state index in [2.05, 4.69) is 23.7 Å². The van der Waals surface area contributed by atoms with Crippen LogP contribution in [0, 0.1) is 13.8 Å². The smallest absolute Gasteiger partial charge is 0.208 e. The van der Waals surface area contributed by atoms with Crippen LogP contribution in [0.4, 0.5) is 0 Å². The molecule has 0 aromatic carbocycles. The highest BCUT2D eigenvalue weighted by atomic mass is 16.5. The maximum absolute atomic E-state index is 5.99. The second kappa shape index (κ2) is 5.61. The Morgan fingerprint density at radius 1 is 1.42 bits per heavy atom. The Labute approximate surface area is 114 Å². The second-order valence-electron chi connectivity index (χ2n) is 5.87. The molecule has 19 heavy (non-hydrogen) atoms. The lowest BCUT2D eigenvalue weighted by molar-refractivity contribution is -0.155. The third kappa shape index (κ3) is 3.78. The summed E-state index contributed by atoms with van der Waals surface area (Å²) >= 11 is 0. The molecule has 1 aromatic heterocycles. The van der Waals surface area contributed by atoms with Gasteiger partial charge in [-0.15, -0.1) is 0 Å². The van der Waals surface area contributed by atoms with E-state index in [9.17, 15) is 0 Å². The van der Waals surface area contributed by atoms with Crippen molar-refractivity contribution in [3.05, 3.63) is 17.3 Å². The lowest BCUT2D eigenvalue weighted by Gasteiger charge is -2.42. The highest BCUT2D eigenvalue weighted by molar-refractivity contribution is 5.05. The largest absolute Gasteiger partial charge is 0.444 e. The van der Waals surface area contributed by atoms with E-state index in [4.69, 9.17) is 13.9 Å². The van der Waals surface area contributed by atoms with E-state index in [0.29, 0.717) is 6.61 Å². The standard InChI is InChI=1S/C14H24N2O3/c1-10-11(2)18-13(15-10)7-16-6-12(8-17-5)19-14(3,4)9-16/h12H,6-9H2,1-5H3/t12-/m0/s1. The number of nitrogens with zero attached hydrogens (tertiary/aromatic N) is 2. The van der Waals surface area contributed by atoms with Crippen LogP contribution in [0.5, 0.6) is 0 Å². The van der Waals surface area contributed by atoms with E-state index in [1.807, 2.05) is 13.8 Å². The predicted molar refractivity (Wildman–Crippen MR) is 72.1 cm³/mol. The molecule has 5 nitrogen and oxygen atoms in total. The summed E-state index contributed by atoms with van der Waals surface area (Å²) in [5, 5.41) is 0. The highest BCUT2D eigenvalue weighted by Crippen LogP contribution is 2.23. The van der Waals surface area contributed by atoms with Crippen molar-refractivity contribution < 1.29 is 13.9 Å². The highest BCUT2D eigenvalue weighted by Gasteiger charge is 2.33. The van der Waals surface area contributed by atoms with Gasteiger partial charge in [-0.3, -0.25) is 4.90 Å². The molecule has 0 unspecified atom stereocenters. The minimum absolute atomic E-state index is 0.103. The van der Waals surface area contributed by atoms with Crippen molar-refractivity contribution in [3.8, 4) is 0 Å². The Balaban J connectivity index is 2.02. The van der Waals surface area contributed by atoms with Gasteiger partial charge in [0.05, 0.1) is 30.6 Å². The van der Waals surface area contributed by atoms with E-state index in [1.165, 1.54) is 0 Å². The van der Waals surface area contributed by atoms with Crippen LogP contribution in [-0.4, -0.2) is 48.4 Å². The zero-order chi connectivity index (χ0) is 14.0. The van der Waals surface area contributed by atoms with E-state index in [0.717, 1.165) is 37.0 Å². The van der Waals surface area contributed by atoms with Gasteiger partial charge in [0.2, 0.25) is 5.89 Å². The first-order valence-electron chi connectivity index (χ1n) is 6.71. The van der Waals surface area contributed by atoms with Gasteiger partial charge in [0.15, 0.2) is 0 Å². The Bertz CT molecular complexity index is 409. The Hall–Kier alpha value is -0.910. The number of aryl methyl sites for hydroxylation is 2. The Morgan fingerprint density at radius 2 is 2.16 bits per heavy atom. The van der Waals surface area contributed by atoms with Crippen molar-refractivity contribution in [2.75, 3.05) is 26.8 Å². The summed E-state index contributed by atoms with van der Waals surface area (Å²) < 4.78 is 16.9. The van der Waals surface area contributed by atoms with Crippen LogP contribution in [0.25, 0.3) is 0 Å². The van der Waals surface area contributed by atoms with Gasteiger partial charge in [0.1, 0.15) is 5.76 Å². The van der Waals surface area contributed by atoms with Crippen LogP contribution in [-0.2, 0) is 16.0 Å². The molecule has 0 spiro atoms. The van der Waals surface area contributed by atoms with Gasteiger partial charge < -0.3 is 13.9 Å². The fourth-order valence-electron chi connectivity index (χ4n) is 2.61. The van der Waals surface area contributed by atoms with Gasteiger partial charge >= 0.3 is 0 Å². The third-order valence-electron chi connectivity index (χ3n) is 3.34. The number of oxazole rings is 1. The number of hydrogen-bond acceptors (Lipinski definition) is 5. The average molecular weight is 268 g/mol. The predicted octanol–water partition coefficient (Wildman–Crippen LogP) is 1.92. The molecule has 1 aliphatic heterocycles. The minimum atomic E-state index is -0.169. The molecule has 0 N–H and O–H groups in total. The fourth-order valence-corrected chi connectivity index (χ4v) is 2.61. The average Bonchev–Trinajstić information content (AvgIpc) is 2.55. The molecule has 5 heteroatoms. The number of ether oxygens (including phenoxy) is 2. The molecule has 0 radical (unpaired) electrons. The SMILES string of the molecule is COC[C@@H]1CN(Cc2nc(C)c(C)o2)CC(C)(C)O1. The molecular weight excluding hydrogens is 244 g/mol. The Morgan fingerprint density at radius 3 is 2.74 bits per heavy atom. The van der Waals surface area contributed by atoms with Gasteiger partial charge in [0, 0.05) is 20.2 Å². The van der Waals surface area contributed by atoms with Crippen molar-refractivity contribution in [2.24, 2.45) is 0 Å². The first kappa shape index (κ1) is 14.5. The quantitative estimate of drug-likeness (QED) is 0.835. The molecule has 1 saturated heterocycles. The number of hydrogen-bond donors (Lipinski definition) is 0. The maximum Gasteiger partial charge on any atom is 0.208 e. The van der Waals surface area contributed by atoms with Crippen LogP contribution in [0.3, 0.4) is 0 Å². The van der Waals surface area contributed by atoms with Gasteiger partial charge in [-0.2, -0.15) is 0 Å². The molecule has 108 valence electrons. The molecule has 2 rings (SSSR count). The second-order valence-corrected chi connectivity index (χ2v) is 5.87. The molecule has 1 atom stereocenters. The first-order valence-corrected chi connectivity index (χ1v) is 6.71. The summed E-state index contributed by atoms with van der Waals surface area (Å²) in [5.74, 6) is 1.68. The van der Waals surface area contributed by atoms with E-state index >= 15 is 0 Å². The van der Waals surface area contributed by atoms with Crippen molar-refractivity contribution in [3.63, 3.8) is 0 Å². The topological polar surface area (TPSA) is 47.7 Å². The number of morpholine rings is 1. The lowest BCUT2D eigenvalue weighted by atomic mass is 10.1. The fraction of sp³-hybridized carbons (Fsp3) is 0.786. The number of rotatable bonds is 4. The van der Waals surface area contributed by atoms with Crippen LogP contribution in [0.15, 0.2) is 4.42 Å². The van der Waals surface area contributed by atoms with E-state index < -0.39 is 0 Å². The molecule has 0 aliphatic carbocycles. The maximum atomic E-state index is 5.99. The van der Waals surface area contributed by atoms with Crippen molar-refractivity contribution in [1.29, 1.82) is 0 Å². The molecular formula is C14H24N2O3. The molecule has 1 aromatic rings. The normalized spacial score (nSPS) is 23.7. The minimum Gasteiger partial charge on any atom is -0.444 e. The van der Waals surface area contributed by atoms with Crippen molar-refractivity contribution >= 4 is 0 Å². The van der Waals surface area contributed by atoms with Gasteiger partial charge in [0.25, 0.3) is 0 Å².